The molecule has 2 amide bonds. The molecule has 2 aliphatic heterocycles. The number of imide groups is 1. The zero-order valence-corrected chi connectivity index (χ0v) is 21.4. The van der Waals surface area contributed by atoms with Crippen molar-refractivity contribution in [3.63, 3.8) is 0 Å². The van der Waals surface area contributed by atoms with Crippen molar-refractivity contribution in [3.8, 4) is 0 Å². The first-order valence-corrected chi connectivity index (χ1v) is 18.8. The van der Waals surface area contributed by atoms with Gasteiger partial charge < -0.3 is 0 Å². The normalized spacial score (nSPS) is 19.9. The number of carbonyl (C=O) groups excluding carboxylic acids is 2. The molecule has 0 aromatic rings. The Labute approximate surface area is 183 Å². The third-order valence-electron chi connectivity index (χ3n) is 6.33. The number of hydroxylamine groups is 2. The van der Waals surface area contributed by atoms with Crippen LogP contribution in [0.3, 0.4) is 0 Å². The summed E-state index contributed by atoms with van der Waals surface area (Å²) < 4.78 is 4.37. The average Bonchev–Trinajstić information content (AvgIpc) is 3.05. The van der Waals surface area contributed by atoms with E-state index in [1.165, 1.54) is 0 Å². The second-order valence-electron chi connectivity index (χ2n) is 8.49. The molecule has 2 aliphatic rings. The molecule has 0 bridgehead atoms. The topological polar surface area (TPSA) is 98.2 Å². The van der Waals surface area contributed by atoms with Gasteiger partial charge in [0.1, 0.15) is 0 Å². The molecule has 2 heterocycles. The molecular formula is C22H36N2O5Sn. The molecule has 0 saturated carbocycles. The number of carboxylic acids is 1. The fraction of sp³-hybridized carbons (Fsp3) is 0.682. The van der Waals surface area contributed by atoms with Crippen LogP contribution in [0, 0.1) is 0 Å². The number of rotatable bonds is 12. The Morgan fingerprint density at radius 2 is 1.47 bits per heavy atom. The summed E-state index contributed by atoms with van der Waals surface area (Å²) in [5.41, 5.74) is -0.0795. The van der Waals surface area contributed by atoms with Gasteiger partial charge in [-0.2, -0.15) is 0 Å². The number of allylic oxidation sites excluding steroid dienone is 2. The van der Waals surface area contributed by atoms with Gasteiger partial charge in [0.25, 0.3) is 0 Å². The summed E-state index contributed by atoms with van der Waals surface area (Å²) in [5.74, 6) is -2.07. The molecule has 1 fully saturated rings. The number of carbonyl (C=O) groups is 3. The van der Waals surface area contributed by atoms with Crippen LogP contribution in [-0.2, 0) is 14.4 Å². The third kappa shape index (κ3) is 5.46. The second-order valence-corrected chi connectivity index (χ2v) is 21.7. The van der Waals surface area contributed by atoms with E-state index in [4.69, 9.17) is 0 Å². The predicted molar refractivity (Wildman–Crippen MR) is 117 cm³/mol. The van der Waals surface area contributed by atoms with E-state index in [9.17, 15) is 24.7 Å². The Balaban J connectivity index is 2.50. The fourth-order valence-electron chi connectivity index (χ4n) is 4.57. The maximum atomic E-state index is 12.2. The van der Waals surface area contributed by atoms with E-state index in [2.05, 4.69) is 20.8 Å². The number of likely N-dealkylation sites (tertiary alicyclic amines) is 1. The Hall–Kier alpha value is -1.35. The van der Waals surface area contributed by atoms with Gasteiger partial charge in [-0.3, -0.25) is 0 Å². The minimum absolute atomic E-state index is 0.0549. The summed E-state index contributed by atoms with van der Waals surface area (Å²) in [6.45, 7) is 6.51. The van der Waals surface area contributed by atoms with Gasteiger partial charge in [-0.15, -0.1) is 0 Å². The first-order valence-electron chi connectivity index (χ1n) is 11.3. The summed E-state index contributed by atoms with van der Waals surface area (Å²) in [4.78, 5) is 37.5. The van der Waals surface area contributed by atoms with Crippen molar-refractivity contribution in [2.24, 2.45) is 0 Å². The molecule has 0 aromatic heterocycles. The molecule has 8 heteroatoms. The van der Waals surface area contributed by atoms with E-state index in [1.54, 1.807) is 12.3 Å². The van der Waals surface area contributed by atoms with Gasteiger partial charge in [0.15, 0.2) is 0 Å². The van der Waals surface area contributed by atoms with E-state index < -0.39 is 42.3 Å². The molecule has 1 saturated heterocycles. The van der Waals surface area contributed by atoms with Gasteiger partial charge >= 0.3 is 184 Å². The Morgan fingerprint density at radius 3 is 1.87 bits per heavy atom. The van der Waals surface area contributed by atoms with Crippen molar-refractivity contribution in [1.29, 1.82) is 0 Å². The van der Waals surface area contributed by atoms with Crippen LogP contribution in [-0.4, -0.2) is 62.6 Å². The summed E-state index contributed by atoms with van der Waals surface area (Å²) in [6, 6.07) is 0. The van der Waals surface area contributed by atoms with Gasteiger partial charge in [0, 0.05) is 0 Å². The van der Waals surface area contributed by atoms with Gasteiger partial charge in [0.05, 0.1) is 0 Å². The number of carboxylic acid groups (broad SMARTS) is 1. The van der Waals surface area contributed by atoms with E-state index in [0.717, 1.165) is 65.4 Å². The zero-order chi connectivity index (χ0) is 22.3. The predicted octanol–water partition coefficient (Wildman–Crippen LogP) is 4.45. The number of hydrogen-bond acceptors (Lipinski definition) is 5. The molecular weight excluding hydrogens is 491 g/mol. The number of unbranched alkanes of at least 4 members (excludes halogenated alkanes) is 3. The van der Waals surface area contributed by atoms with E-state index in [0.29, 0.717) is 0 Å². The van der Waals surface area contributed by atoms with Crippen LogP contribution >= 0.6 is 0 Å². The van der Waals surface area contributed by atoms with Gasteiger partial charge in [-0.05, 0) is 0 Å². The van der Waals surface area contributed by atoms with Crippen LogP contribution in [0.2, 0.25) is 13.3 Å². The molecule has 0 radical (unpaired) electrons. The molecule has 0 aromatic carbocycles. The first-order chi connectivity index (χ1) is 14.3. The van der Waals surface area contributed by atoms with Crippen LogP contribution in [0.25, 0.3) is 0 Å². The minimum atomic E-state index is -3.00. The third-order valence-corrected chi connectivity index (χ3v) is 21.8. The van der Waals surface area contributed by atoms with Gasteiger partial charge in [0.2, 0.25) is 0 Å². The Bertz CT molecular complexity index is 681. The Kier molecular flexibility index (Phi) is 9.40. The average molecular weight is 527 g/mol. The number of hydrogen-bond donors (Lipinski definition) is 2. The molecule has 2 N–H and O–H groups in total. The van der Waals surface area contributed by atoms with Crippen molar-refractivity contribution < 1.29 is 24.7 Å². The van der Waals surface area contributed by atoms with Gasteiger partial charge in [-0.25, -0.2) is 0 Å². The van der Waals surface area contributed by atoms with E-state index in [-0.39, 0.29) is 18.4 Å². The monoisotopic (exact) mass is 528 g/mol. The van der Waals surface area contributed by atoms with Crippen molar-refractivity contribution in [1.82, 2.24) is 9.96 Å². The van der Waals surface area contributed by atoms with Crippen molar-refractivity contribution in [2.45, 2.75) is 91.6 Å². The second kappa shape index (κ2) is 11.3. The van der Waals surface area contributed by atoms with Crippen LogP contribution in [0.4, 0.5) is 0 Å². The summed E-state index contributed by atoms with van der Waals surface area (Å²) in [6.07, 6.45) is 8.76. The summed E-state index contributed by atoms with van der Waals surface area (Å²) in [5, 5.41) is 21.6. The number of aliphatic carboxylic acids is 1. The molecule has 30 heavy (non-hydrogen) atoms. The zero-order valence-electron chi connectivity index (χ0n) is 18.5. The van der Waals surface area contributed by atoms with Crippen LogP contribution < -0.4 is 0 Å². The molecule has 0 spiro atoms. The van der Waals surface area contributed by atoms with E-state index in [1.807, 2.05) is 0 Å². The first kappa shape index (κ1) is 24.9. The van der Waals surface area contributed by atoms with Crippen molar-refractivity contribution >= 4 is 36.2 Å². The molecule has 0 aliphatic carbocycles. The van der Waals surface area contributed by atoms with Crippen LogP contribution in [0.5, 0.6) is 0 Å². The molecule has 2 rings (SSSR count). The quantitative estimate of drug-likeness (QED) is 0.288. The molecule has 1 unspecified atom stereocenters. The van der Waals surface area contributed by atoms with Crippen LogP contribution in [0.15, 0.2) is 21.4 Å². The summed E-state index contributed by atoms with van der Waals surface area (Å²) in [7, 11) is 0. The van der Waals surface area contributed by atoms with E-state index >= 15 is 0 Å². The van der Waals surface area contributed by atoms with Crippen molar-refractivity contribution in [2.75, 3.05) is 0 Å². The molecule has 1 atom stereocenters. The summed E-state index contributed by atoms with van der Waals surface area (Å²) >= 11 is -3.00. The number of amides is 2. The number of nitrogens with zero attached hydrogens (tertiary/aromatic N) is 2. The standard InChI is InChI=1S/C10H9N2O5.3C4H9.Sn/c13-7-3-4-8(14)12(7)9-6(10(15)16)2-1-5-11(9)17;3*1-3-4-2;/h2,5,9,17H,3-4H2,(H,15,16);3*1,3-4H2,2H3;. The maximum absolute atomic E-state index is 12.2. The van der Waals surface area contributed by atoms with Crippen molar-refractivity contribution in [3.05, 3.63) is 21.4 Å². The van der Waals surface area contributed by atoms with Gasteiger partial charge in [-0.1, -0.05) is 0 Å². The van der Waals surface area contributed by atoms with Crippen LogP contribution in [0.1, 0.15) is 72.1 Å². The fourth-order valence-corrected chi connectivity index (χ4v) is 20.5. The molecule has 168 valence electrons. The Morgan fingerprint density at radius 1 is 1.00 bits per heavy atom. The molecule has 7 nitrogen and oxygen atoms in total. The SMILES string of the molecule is CCC[CH2][Sn]([CH2]CCC)([CH2]CCC)[C]1=CN(O)C(N2C(=O)CCC2=O)C(C(=O)O)=C1.